The van der Waals surface area contributed by atoms with Crippen LogP contribution in [0.15, 0.2) is 60.7 Å². The molecule has 4 heteroatoms. The Kier molecular flexibility index (Phi) is 7.59. The van der Waals surface area contributed by atoms with Crippen LogP contribution in [0.1, 0.15) is 75.3 Å². The highest BCUT2D eigenvalue weighted by Gasteiger charge is 2.59. The van der Waals surface area contributed by atoms with Crippen LogP contribution in [0.2, 0.25) is 0 Å². The molecule has 0 aromatic heterocycles. The number of carbonyl (C=O) groups excluding carboxylic acids is 1. The zero-order chi connectivity index (χ0) is 24.3. The number of hydrogen-bond donors (Lipinski definition) is 0. The standard InChI is InChI=1S/C31H42N2O2/c1-3-32(4-2)20-17-29(34)35-28-23-31(33-18-11-12-19-33)21-26(24-13-7-5-8-14-24)30(28)27(22-31)25-15-9-6-10-16-25/h5-10,13-16,26-28,30H,3-4,11-12,17-23H2,1-2H3/t26-,27-,28-,30?,31?/m0/s1. The van der Waals surface area contributed by atoms with Crippen LogP contribution in [0, 0.1) is 5.92 Å². The monoisotopic (exact) mass is 474 g/mol. The minimum absolute atomic E-state index is 0.0235. The summed E-state index contributed by atoms with van der Waals surface area (Å²) in [6, 6.07) is 22.1. The summed E-state index contributed by atoms with van der Waals surface area (Å²) >= 11 is 0. The predicted molar refractivity (Wildman–Crippen MR) is 142 cm³/mol. The Bertz CT molecular complexity index is 903. The number of fused-ring (bicyclic) bond motifs is 3. The number of rotatable bonds is 9. The Morgan fingerprint density at radius 1 is 0.886 bits per heavy atom. The van der Waals surface area contributed by atoms with Crippen LogP contribution < -0.4 is 0 Å². The molecule has 1 heterocycles. The first-order chi connectivity index (χ1) is 17.1. The summed E-state index contributed by atoms with van der Waals surface area (Å²) in [5.74, 6) is 1.11. The molecule has 3 atom stereocenters. The SMILES string of the molecule is CCN(CC)CCC(=O)O[C@H]1CC2(N3CCCC3)C[C@@H](c3ccccc3)C1[C@H](c1ccccc1)C2. The molecule has 35 heavy (non-hydrogen) atoms. The summed E-state index contributed by atoms with van der Waals surface area (Å²) in [6.07, 6.45) is 6.36. The van der Waals surface area contributed by atoms with Crippen LogP contribution in [0.5, 0.6) is 0 Å². The van der Waals surface area contributed by atoms with Crippen molar-refractivity contribution in [2.75, 3.05) is 32.7 Å². The Labute approximate surface area is 211 Å². The molecule has 2 bridgehead atoms. The molecule has 2 aromatic carbocycles. The van der Waals surface area contributed by atoms with E-state index in [0.29, 0.717) is 24.2 Å². The molecule has 0 spiro atoms. The fourth-order valence-electron chi connectivity index (χ4n) is 7.45. The molecule has 1 saturated heterocycles. The Balaban J connectivity index is 1.49. The van der Waals surface area contributed by atoms with Gasteiger partial charge in [-0.1, -0.05) is 74.5 Å². The van der Waals surface area contributed by atoms with Crippen molar-refractivity contribution in [3.63, 3.8) is 0 Å². The third-order valence-corrected chi connectivity index (χ3v) is 9.18. The summed E-state index contributed by atoms with van der Waals surface area (Å²) in [6.45, 7) is 9.39. The van der Waals surface area contributed by atoms with E-state index in [1.54, 1.807) is 0 Å². The normalized spacial score (nSPS) is 30.6. The highest BCUT2D eigenvalue weighted by atomic mass is 16.5. The summed E-state index contributed by atoms with van der Waals surface area (Å²) in [5, 5.41) is 0. The van der Waals surface area contributed by atoms with Gasteiger partial charge < -0.3 is 9.64 Å². The van der Waals surface area contributed by atoms with Crippen LogP contribution in [0.25, 0.3) is 0 Å². The van der Waals surface area contributed by atoms with E-state index in [0.717, 1.165) is 26.1 Å². The predicted octanol–water partition coefficient (Wildman–Crippen LogP) is 5.85. The lowest BCUT2D eigenvalue weighted by Crippen LogP contribution is -2.62. The molecule has 3 saturated carbocycles. The lowest BCUT2D eigenvalue weighted by atomic mass is 9.51. The maximum atomic E-state index is 13.2. The topological polar surface area (TPSA) is 32.8 Å². The summed E-state index contributed by atoms with van der Waals surface area (Å²) in [4.78, 5) is 18.2. The van der Waals surface area contributed by atoms with Crippen molar-refractivity contribution in [3.8, 4) is 0 Å². The molecular formula is C31H42N2O2. The molecule has 2 aromatic rings. The van der Waals surface area contributed by atoms with Gasteiger partial charge in [0.15, 0.2) is 0 Å². The maximum absolute atomic E-state index is 13.2. The molecule has 0 N–H and O–H groups in total. The van der Waals surface area contributed by atoms with E-state index in [1.807, 2.05) is 0 Å². The number of carbonyl (C=O) groups is 1. The maximum Gasteiger partial charge on any atom is 0.307 e. The fourth-order valence-corrected chi connectivity index (χ4v) is 7.45. The minimum Gasteiger partial charge on any atom is -0.462 e. The van der Waals surface area contributed by atoms with Crippen molar-refractivity contribution in [2.24, 2.45) is 5.92 Å². The second-order valence-electron chi connectivity index (χ2n) is 10.9. The van der Waals surface area contributed by atoms with Gasteiger partial charge in [0.25, 0.3) is 0 Å². The van der Waals surface area contributed by atoms with Gasteiger partial charge in [-0.25, -0.2) is 0 Å². The van der Waals surface area contributed by atoms with Crippen molar-refractivity contribution in [3.05, 3.63) is 71.8 Å². The number of benzene rings is 2. The van der Waals surface area contributed by atoms with Gasteiger partial charge in [-0.05, 0) is 74.8 Å². The third kappa shape index (κ3) is 5.06. The van der Waals surface area contributed by atoms with Gasteiger partial charge >= 0.3 is 5.97 Å². The van der Waals surface area contributed by atoms with E-state index in [4.69, 9.17) is 4.74 Å². The molecule has 3 aliphatic carbocycles. The number of likely N-dealkylation sites (tertiary alicyclic amines) is 1. The molecule has 4 fully saturated rings. The molecule has 0 amide bonds. The summed E-state index contributed by atoms with van der Waals surface area (Å²) in [7, 11) is 0. The van der Waals surface area contributed by atoms with E-state index in [9.17, 15) is 4.79 Å². The molecule has 0 radical (unpaired) electrons. The highest BCUT2D eigenvalue weighted by Crippen LogP contribution is 2.60. The molecular weight excluding hydrogens is 432 g/mol. The van der Waals surface area contributed by atoms with Crippen molar-refractivity contribution < 1.29 is 9.53 Å². The van der Waals surface area contributed by atoms with Crippen molar-refractivity contribution >= 4 is 5.97 Å². The van der Waals surface area contributed by atoms with Gasteiger partial charge in [0.05, 0.1) is 6.42 Å². The largest absolute Gasteiger partial charge is 0.462 e. The summed E-state index contributed by atoms with van der Waals surface area (Å²) < 4.78 is 6.46. The molecule has 4 aliphatic rings. The lowest BCUT2D eigenvalue weighted by Gasteiger charge is -2.61. The molecule has 0 unspecified atom stereocenters. The second kappa shape index (κ2) is 10.8. The number of nitrogens with zero attached hydrogens (tertiary/aromatic N) is 2. The van der Waals surface area contributed by atoms with Crippen LogP contribution in [0.3, 0.4) is 0 Å². The Morgan fingerprint density at radius 2 is 1.43 bits per heavy atom. The fraction of sp³-hybridized carbons (Fsp3) is 0.581. The molecule has 4 nitrogen and oxygen atoms in total. The lowest BCUT2D eigenvalue weighted by molar-refractivity contribution is -0.168. The average molecular weight is 475 g/mol. The molecule has 1 aliphatic heterocycles. The molecule has 188 valence electrons. The number of esters is 1. The first-order valence-corrected chi connectivity index (χ1v) is 13.9. The van der Waals surface area contributed by atoms with E-state index >= 15 is 0 Å². The van der Waals surface area contributed by atoms with Gasteiger partial charge in [-0.3, -0.25) is 9.69 Å². The smallest absolute Gasteiger partial charge is 0.307 e. The van der Waals surface area contributed by atoms with E-state index in [-0.39, 0.29) is 17.6 Å². The third-order valence-electron chi connectivity index (χ3n) is 9.18. The summed E-state index contributed by atoms with van der Waals surface area (Å²) in [5.41, 5.74) is 2.92. The Morgan fingerprint density at radius 3 is 1.94 bits per heavy atom. The van der Waals surface area contributed by atoms with Crippen LogP contribution >= 0.6 is 0 Å². The van der Waals surface area contributed by atoms with Crippen LogP contribution in [0.4, 0.5) is 0 Å². The zero-order valence-electron chi connectivity index (χ0n) is 21.6. The van der Waals surface area contributed by atoms with Gasteiger partial charge in [0.1, 0.15) is 6.10 Å². The van der Waals surface area contributed by atoms with Crippen LogP contribution in [-0.2, 0) is 9.53 Å². The van der Waals surface area contributed by atoms with Crippen molar-refractivity contribution in [1.29, 1.82) is 0 Å². The average Bonchev–Trinajstić information content (AvgIpc) is 3.46. The van der Waals surface area contributed by atoms with Crippen LogP contribution in [-0.4, -0.2) is 60.1 Å². The Hall–Kier alpha value is -2.17. The van der Waals surface area contributed by atoms with E-state index < -0.39 is 0 Å². The van der Waals surface area contributed by atoms with Gasteiger partial charge in [-0.15, -0.1) is 0 Å². The van der Waals surface area contributed by atoms with Gasteiger partial charge in [-0.2, -0.15) is 0 Å². The zero-order valence-corrected chi connectivity index (χ0v) is 21.6. The second-order valence-corrected chi connectivity index (χ2v) is 10.9. The first kappa shape index (κ1) is 24.5. The van der Waals surface area contributed by atoms with E-state index in [2.05, 4.69) is 84.3 Å². The first-order valence-electron chi connectivity index (χ1n) is 13.9. The van der Waals surface area contributed by atoms with Gasteiger partial charge in [0.2, 0.25) is 0 Å². The quantitative estimate of drug-likeness (QED) is 0.427. The highest BCUT2D eigenvalue weighted by molar-refractivity contribution is 5.70. The molecule has 6 rings (SSSR count). The number of hydrogen-bond acceptors (Lipinski definition) is 4. The van der Waals surface area contributed by atoms with Gasteiger partial charge in [0, 0.05) is 24.4 Å². The number of ether oxygens (including phenoxy) is 1. The minimum atomic E-state index is -0.0299. The van der Waals surface area contributed by atoms with Crippen molar-refractivity contribution in [1.82, 2.24) is 9.80 Å². The van der Waals surface area contributed by atoms with E-state index in [1.165, 1.54) is 49.9 Å². The van der Waals surface area contributed by atoms with Crippen molar-refractivity contribution in [2.45, 2.75) is 75.9 Å².